The first-order chi connectivity index (χ1) is 18.2. The second kappa shape index (κ2) is 9.72. The largest absolute Gasteiger partial charge is 0.454 e. The quantitative estimate of drug-likeness (QED) is 0.253. The summed E-state index contributed by atoms with van der Waals surface area (Å²) < 4.78 is 12.2. The van der Waals surface area contributed by atoms with Crippen molar-refractivity contribution >= 4 is 0 Å². The molecule has 4 nitrogen and oxygen atoms in total. The number of piperidine rings is 1. The van der Waals surface area contributed by atoms with Gasteiger partial charge >= 0.3 is 0 Å². The summed E-state index contributed by atoms with van der Waals surface area (Å²) in [6, 6.07) is 29.8. The van der Waals surface area contributed by atoms with Gasteiger partial charge in [-0.2, -0.15) is 5.26 Å². The Morgan fingerprint density at radius 2 is 1.57 bits per heavy atom. The summed E-state index contributed by atoms with van der Waals surface area (Å²) in [4.78, 5) is 0. The fraction of sp³-hybridized carbons (Fsp3) is 0.364. The third-order valence-electron chi connectivity index (χ3n) is 9.11. The zero-order valence-corrected chi connectivity index (χ0v) is 21.4. The number of fused-ring (bicyclic) bond motifs is 2. The molecular formula is C33H35N2O2+. The van der Waals surface area contributed by atoms with Crippen LogP contribution < -0.4 is 9.47 Å². The van der Waals surface area contributed by atoms with Crippen LogP contribution in [0, 0.1) is 29.1 Å². The van der Waals surface area contributed by atoms with E-state index >= 15 is 0 Å². The van der Waals surface area contributed by atoms with E-state index in [4.69, 9.17) is 9.47 Å². The van der Waals surface area contributed by atoms with E-state index in [1.807, 2.05) is 18.2 Å². The summed E-state index contributed by atoms with van der Waals surface area (Å²) in [6.07, 6.45) is 5.11. The highest BCUT2D eigenvalue weighted by Gasteiger charge is 2.62. The normalized spacial score (nSPS) is 25.3. The first-order valence-electron chi connectivity index (χ1n) is 13.5. The van der Waals surface area contributed by atoms with E-state index in [-0.39, 0.29) is 0 Å². The maximum absolute atomic E-state index is 10.5. The second-order valence-corrected chi connectivity index (χ2v) is 11.1. The maximum atomic E-state index is 10.5. The average Bonchev–Trinajstić information content (AvgIpc) is 3.26. The van der Waals surface area contributed by atoms with Gasteiger partial charge in [0.05, 0.1) is 32.2 Å². The Kier molecular flexibility index (Phi) is 6.26. The molecule has 2 fully saturated rings. The minimum Gasteiger partial charge on any atom is -0.454 e. The molecule has 6 rings (SSSR count). The van der Waals surface area contributed by atoms with Gasteiger partial charge in [-0.05, 0) is 53.7 Å². The highest BCUT2D eigenvalue weighted by molar-refractivity contribution is 5.46. The highest BCUT2D eigenvalue weighted by Crippen LogP contribution is 2.57. The summed E-state index contributed by atoms with van der Waals surface area (Å²) in [5.41, 5.74) is 2.93. The molecule has 0 amide bonds. The van der Waals surface area contributed by atoms with E-state index in [0.717, 1.165) is 77.2 Å². The van der Waals surface area contributed by atoms with E-state index < -0.39 is 5.41 Å². The van der Waals surface area contributed by atoms with E-state index in [0.29, 0.717) is 6.79 Å². The van der Waals surface area contributed by atoms with Crippen LogP contribution in [0.5, 0.6) is 11.5 Å². The van der Waals surface area contributed by atoms with Crippen molar-refractivity contribution in [3.63, 3.8) is 0 Å². The number of ether oxygens (including phenoxy) is 2. The fourth-order valence-electron chi connectivity index (χ4n) is 7.09. The lowest BCUT2D eigenvalue weighted by Gasteiger charge is -2.36. The number of rotatable bonds is 10. The van der Waals surface area contributed by atoms with E-state index in [9.17, 15) is 5.26 Å². The van der Waals surface area contributed by atoms with Gasteiger partial charge in [-0.25, -0.2) is 0 Å². The van der Waals surface area contributed by atoms with Crippen molar-refractivity contribution in [2.75, 3.05) is 33.0 Å². The van der Waals surface area contributed by atoms with Crippen molar-refractivity contribution in [3.05, 3.63) is 108 Å². The molecule has 0 bridgehead atoms. The molecule has 2 aliphatic heterocycles. The Bertz CT molecular complexity index is 1250. The van der Waals surface area contributed by atoms with Crippen molar-refractivity contribution in [3.8, 4) is 17.6 Å². The van der Waals surface area contributed by atoms with Crippen molar-refractivity contribution in [2.45, 2.75) is 24.7 Å². The van der Waals surface area contributed by atoms with Crippen LogP contribution in [0.1, 0.15) is 29.5 Å². The predicted molar refractivity (Wildman–Crippen MR) is 145 cm³/mol. The van der Waals surface area contributed by atoms with Gasteiger partial charge in [0.2, 0.25) is 6.79 Å². The van der Waals surface area contributed by atoms with Gasteiger partial charge < -0.3 is 14.0 Å². The van der Waals surface area contributed by atoms with Gasteiger partial charge in [0, 0.05) is 18.3 Å². The van der Waals surface area contributed by atoms with Crippen LogP contribution in [0.4, 0.5) is 0 Å². The molecule has 37 heavy (non-hydrogen) atoms. The van der Waals surface area contributed by atoms with Gasteiger partial charge in [-0.1, -0.05) is 73.3 Å². The van der Waals surface area contributed by atoms with Crippen LogP contribution in [0.15, 0.2) is 91.5 Å². The number of benzene rings is 3. The average molecular weight is 492 g/mol. The Balaban J connectivity index is 1.12. The molecule has 0 spiro atoms. The lowest BCUT2D eigenvalue weighted by molar-refractivity contribution is -0.916. The van der Waals surface area contributed by atoms with Gasteiger partial charge in [-0.3, -0.25) is 0 Å². The minimum atomic E-state index is -0.591. The van der Waals surface area contributed by atoms with Crippen LogP contribution in [0.25, 0.3) is 0 Å². The van der Waals surface area contributed by atoms with Crippen molar-refractivity contribution < 1.29 is 14.0 Å². The molecule has 0 radical (unpaired) electrons. The number of nitriles is 1. The first kappa shape index (κ1) is 23.8. The second-order valence-electron chi connectivity index (χ2n) is 11.1. The summed E-state index contributed by atoms with van der Waals surface area (Å²) in [7, 11) is 0. The molecule has 1 saturated carbocycles. The molecule has 2 atom stereocenters. The lowest BCUT2D eigenvalue weighted by Crippen LogP contribution is -2.49. The molecule has 3 aromatic rings. The van der Waals surface area contributed by atoms with Crippen molar-refractivity contribution in [1.29, 1.82) is 5.26 Å². The van der Waals surface area contributed by atoms with Crippen LogP contribution in [-0.4, -0.2) is 37.5 Å². The van der Waals surface area contributed by atoms with Crippen molar-refractivity contribution in [2.24, 2.45) is 17.8 Å². The van der Waals surface area contributed by atoms with Crippen LogP contribution in [0.2, 0.25) is 0 Å². The van der Waals surface area contributed by atoms with E-state index in [2.05, 4.69) is 79.4 Å². The molecule has 4 heteroatoms. The molecule has 2 unspecified atom stereocenters. The van der Waals surface area contributed by atoms with Crippen LogP contribution in [-0.2, 0) is 11.8 Å². The fourth-order valence-corrected chi connectivity index (χ4v) is 7.09. The molecule has 2 heterocycles. The monoisotopic (exact) mass is 491 g/mol. The number of hydrogen-bond donors (Lipinski definition) is 0. The number of nitrogens with zero attached hydrogens (tertiary/aromatic N) is 2. The van der Waals surface area contributed by atoms with Crippen LogP contribution in [0.3, 0.4) is 0 Å². The van der Waals surface area contributed by atoms with Crippen LogP contribution >= 0.6 is 0 Å². The molecule has 0 aromatic heterocycles. The Labute approximate surface area is 220 Å². The molecule has 1 aliphatic carbocycles. The summed E-state index contributed by atoms with van der Waals surface area (Å²) in [5.74, 6) is 3.97. The Hall–Kier alpha value is -3.55. The number of quaternary nitrogens is 1. The SMILES string of the molecule is C=CC[N+]1(CCc2ccc3c(c2)OCO3)CC2C(CCC(C#N)(c3ccccc3)c3ccccc3)C2C1. The Morgan fingerprint density at radius 1 is 0.919 bits per heavy atom. The summed E-state index contributed by atoms with van der Waals surface area (Å²) in [5, 5.41) is 10.5. The van der Waals surface area contributed by atoms with Gasteiger partial charge in [-0.15, -0.1) is 0 Å². The predicted octanol–water partition coefficient (Wildman–Crippen LogP) is 6.13. The smallest absolute Gasteiger partial charge is 0.231 e. The van der Waals surface area contributed by atoms with E-state index in [1.165, 1.54) is 18.7 Å². The molecule has 3 aliphatic rings. The van der Waals surface area contributed by atoms with Gasteiger partial charge in [0.1, 0.15) is 5.41 Å². The topological polar surface area (TPSA) is 42.2 Å². The van der Waals surface area contributed by atoms with Crippen molar-refractivity contribution in [1.82, 2.24) is 0 Å². The summed E-state index contributed by atoms with van der Waals surface area (Å²) >= 11 is 0. The minimum absolute atomic E-state index is 0.321. The zero-order valence-electron chi connectivity index (χ0n) is 21.4. The Morgan fingerprint density at radius 3 is 2.19 bits per heavy atom. The molecular weight excluding hydrogens is 456 g/mol. The first-order valence-corrected chi connectivity index (χ1v) is 13.5. The highest BCUT2D eigenvalue weighted by atomic mass is 16.7. The molecule has 1 saturated heterocycles. The molecule has 3 aromatic carbocycles. The maximum Gasteiger partial charge on any atom is 0.231 e. The van der Waals surface area contributed by atoms with Gasteiger partial charge in [0.15, 0.2) is 11.5 Å². The zero-order chi connectivity index (χ0) is 25.3. The standard InChI is InChI=1S/C33H35N2O2/c1-2-18-35(19-16-25-13-14-31-32(20-25)37-24-36-31)21-29-28(30(29)22-35)15-17-33(23-34,26-9-5-3-6-10-26)27-11-7-4-8-12-27/h2-14,20,28-30H,1,15-19,21-22,24H2/q+1. The van der Waals surface area contributed by atoms with E-state index in [1.54, 1.807) is 0 Å². The third-order valence-corrected chi connectivity index (χ3v) is 9.11. The molecule has 188 valence electrons. The molecule has 0 N–H and O–H groups in total. The number of likely N-dealkylation sites (tertiary alicyclic amines) is 1. The van der Waals surface area contributed by atoms with Gasteiger partial charge in [0.25, 0.3) is 0 Å². The third kappa shape index (κ3) is 4.43. The lowest BCUT2D eigenvalue weighted by atomic mass is 9.72. The summed E-state index contributed by atoms with van der Waals surface area (Å²) in [6.45, 7) is 9.01. The number of hydrogen-bond acceptors (Lipinski definition) is 3.